The normalized spacial score (nSPS) is 15.6. The molecule has 1 aromatic carbocycles. The van der Waals surface area contributed by atoms with Gasteiger partial charge in [0.2, 0.25) is 0 Å². The summed E-state index contributed by atoms with van der Waals surface area (Å²) in [7, 11) is 1.64. The number of hydrogen-bond acceptors (Lipinski definition) is 2. The molecule has 0 heterocycles. The highest BCUT2D eigenvalue weighted by Crippen LogP contribution is 2.42. The third-order valence-corrected chi connectivity index (χ3v) is 5.00. The van der Waals surface area contributed by atoms with E-state index in [1.807, 2.05) is 24.3 Å². The van der Waals surface area contributed by atoms with Gasteiger partial charge >= 0.3 is 0 Å². The van der Waals surface area contributed by atoms with Crippen LogP contribution in [0.25, 0.3) is 0 Å². The zero-order chi connectivity index (χ0) is 17.4. The Kier molecular flexibility index (Phi) is 9.24. The lowest BCUT2D eigenvalue weighted by atomic mass is 9.67. The first kappa shape index (κ1) is 21.7. The Morgan fingerprint density at radius 2 is 1.84 bits per heavy atom. The molecule has 0 radical (unpaired) electrons. The average molecular weight is 458 g/mol. The number of carbonyl (C=O) groups excluding carboxylic acids is 1. The van der Waals surface area contributed by atoms with E-state index in [0.29, 0.717) is 17.5 Å². The molecule has 0 saturated heterocycles. The van der Waals surface area contributed by atoms with Gasteiger partial charge in [0.1, 0.15) is 0 Å². The Morgan fingerprint density at radius 3 is 2.32 bits per heavy atom. The summed E-state index contributed by atoms with van der Waals surface area (Å²) in [4.78, 5) is 16.2. The Labute approximate surface area is 168 Å². The van der Waals surface area contributed by atoms with Crippen LogP contribution in [0.3, 0.4) is 0 Å². The largest absolute Gasteiger partial charge is 0.357 e. The van der Waals surface area contributed by atoms with Crippen LogP contribution in [0.15, 0.2) is 29.3 Å². The van der Waals surface area contributed by atoms with Gasteiger partial charge in [0.25, 0.3) is 5.91 Å². The Bertz CT molecular complexity index is 562. The van der Waals surface area contributed by atoms with Crippen molar-refractivity contribution in [2.24, 2.45) is 10.4 Å². The van der Waals surface area contributed by atoms with E-state index in [1.54, 1.807) is 7.05 Å². The molecular weight excluding hydrogens is 427 g/mol. The highest BCUT2D eigenvalue weighted by Gasteiger charge is 2.34. The van der Waals surface area contributed by atoms with Crippen molar-refractivity contribution in [3.63, 3.8) is 0 Å². The van der Waals surface area contributed by atoms with E-state index in [1.165, 1.54) is 25.7 Å². The molecule has 2 rings (SSSR count). The maximum atomic E-state index is 11.6. The molecule has 0 aromatic heterocycles. The van der Waals surface area contributed by atoms with E-state index in [2.05, 4.69) is 34.8 Å². The minimum Gasteiger partial charge on any atom is -0.357 e. The maximum absolute atomic E-state index is 11.6. The number of nitrogens with one attached hydrogen (secondary N) is 3. The highest BCUT2D eigenvalue weighted by molar-refractivity contribution is 14.0. The van der Waals surface area contributed by atoms with Gasteiger partial charge in [-0.1, -0.05) is 25.5 Å². The number of carbonyl (C=O) groups is 1. The molecule has 0 bridgehead atoms. The van der Waals surface area contributed by atoms with Crippen molar-refractivity contribution in [1.29, 1.82) is 0 Å². The monoisotopic (exact) mass is 458 g/mol. The summed E-state index contributed by atoms with van der Waals surface area (Å²) >= 11 is 0. The fraction of sp³-hybridized carbons (Fsp3) is 0.579. The van der Waals surface area contributed by atoms with Crippen molar-refractivity contribution < 1.29 is 4.79 Å². The Morgan fingerprint density at radius 1 is 1.16 bits per heavy atom. The van der Waals surface area contributed by atoms with Crippen LogP contribution in [0.1, 0.15) is 55.5 Å². The summed E-state index contributed by atoms with van der Waals surface area (Å²) in [5.74, 6) is 0.804. The molecule has 0 aliphatic heterocycles. The molecular formula is C19H31IN4O. The van der Waals surface area contributed by atoms with Gasteiger partial charge in [-0.25, -0.2) is 4.99 Å². The second-order valence-corrected chi connectivity index (χ2v) is 6.53. The van der Waals surface area contributed by atoms with Crippen molar-refractivity contribution >= 4 is 35.8 Å². The molecule has 1 aliphatic carbocycles. The molecule has 140 valence electrons. The first-order valence-electron chi connectivity index (χ1n) is 8.95. The minimum atomic E-state index is -0.0644. The molecule has 1 fully saturated rings. The fourth-order valence-corrected chi connectivity index (χ4v) is 3.02. The number of halogens is 1. The maximum Gasteiger partial charge on any atom is 0.251 e. The molecule has 1 saturated carbocycles. The minimum absolute atomic E-state index is 0. The van der Waals surface area contributed by atoms with Crippen molar-refractivity contribution in [2.45, 2.75) is 46.1 Å². The average Bonchev–Trinajstić information content (AvgIpc) is 2.58. The van der Waals surface area contributed by atoms with Crippen molar-refractivity contribution in [1.82, 2.24) is 16.0 Å². The fourth-order valence-electron chi connectivity index (χ4n) is 3.02. The number of benzene rings is 1. The first-order chi connectivity index (χ1) is 11.6. The van der Waals surface area contributed by atoms with Crippen LogP contribution in [0, 0.1) is 5.41 Å². The van der Waals surface area contributed by atoms with E-state index < -0.39 is 0 Å². The molecule has 1 aromatic rings. The number of aliphatic imine (C=N–C) groups is 1. The van der Waals surface area contributed by atoms with E-state index in [4.69, 9.17) is 0 Å². The van der Waals surface area contributed by atoms with Crippen LogP contribution in [0.5, 0.6) is 0 Å². The number of nitrogens with zero attached hydrogens (tertiary/aromatic N) is 1. The van der Waals surface area contributed by atoms with E-state index in [-0.39, 0.29) is 29.9 Å². The van der Waals surface area contributed by atoms with Crippen molar-refractivity contribution in [3.05, 3.63) is 35.4 Å². The van der Waals surface area contributed by atoms with Crippen LogP contribution in [-0.2, 0) is 6.54 Å². The lowest BCUT2D eigenvalue weighted by molar-refractivity contribution is 0.0963. The van der Waals surface area contributed by atoms with Gasteiger partial charge in [-0.05, 0) is 49.3 Å². The van der Waals surface area contributed by atoms with Crippen molar-refractivity contribution in [2.75, 3.05) is 20.1 Å². The van der Waals surface area contributed by atoms with Crippen LogP contribution < -0.4 is 16.0 Å². The summed E-state index contributed by atoms with van der Waals surface area (Å²) in [6.07, 6.45) is 5.20. The zero-order valence-electron chi connectivity index (χ0n) is 15.5. The third-order valence-electron chi connectivity index (χ3n) is 5.00. The van der Waals surface area contributed by atoms with Crippen LogP contribution in [0.2, 0.25) is 0 Å². The quantitative estimate of drug-likeness (QED) is 0.334. The predicted molar refractivity (Wildman–Crippen MR) is 115 cm³/mol. The molecule has 5 nitrogen and oxygen atoms in total. The molecule has 0 unspecified atom stereocenters. The van der Waals surface area contributed by atoms with Gasteiger partial charge in [-0.15, -0.1) is 24.0 Å². The van der Waals surface area contributed by atoms with Crippen molar-refractivity contribution in [3.8, 4) is 0 Å². The van der Waals surface area contributed by atoms with Crippen LogP contribution in [-0.4, -0.2) is 32.0 Å². The highest BCUT2D eigenvalue weighted by atomic mass is 127. The number of guanidine groups is 1. The summed E-state index contributed by atoms with van der Waals surface area (Å²) in [5.41, 5.74) is 2.23. The molecule has 6 heteroatoms. The van der Waals surface area contributed by atoms with Gasteiger partial charge < -0.3 is 16.0 Å². The number of rotatable bonds is 7. The van der Waals surface area contributed by atoms with Gasteiger partial charge in [-0.3, -0.25) is 4.79 Å². The summed E-state index contributed by atoms with van der Waals surface area (Å²) in [6.45, 7) is 6.79. The summed E-state index contributed by atoms with van der Waals surface area (Å²) in [6, 6.07) is 7.59. The SMILES string of the molecule is CCNC(=NCc1ccc(C(=O)NC)cc1)NCC1(CC)CCC1.I. The van der Waals surface area contributed by atoms with E-state index in [0.717, 1.165) is 24.6 Å². The number of hydrogen-bond donors (Lipinski definition) is 3. The summed E-state index contributed by atoms with van der Waals surface area (Å²) < 4.78 is 0. The second kappa shape index (κ2) is 10.6. The van der Waals surface area contributed by atoms with Gasteiger partial charge in [0.15, 0.2) is 5.96 Å². The lowest BCUT2D eigenvalue weighted by Crippen LogP contribution is -2.46. The Hall–Kier alpha value is -1.31. The van der Waals surface area contributed by atoms with E-state index >= 15 is 0 Å². The third kappa shape index (κ3) is 6.17. The first-order valence-corrected chi connectivity index (χ1v) is 8.95. The lowest BCUT2D eigenvalue weighted by Gasteiger charge is -2.41. The summed E-state index contributed by atoms with van der Waals surface area (Å²) in [5, 5.41) is 9.44. The van der Waals surface area contributed by atoms with E-state index in [9.17, 15) is 4.79 Å². The van der Waals surface area contributed by atoms with Gasteiger partial charge in [0, 0.05) is 25.7 Å². The zero-order valence-corrected chi connectivity index (χ0v) is 17.9. The second-order valence-electron chi connectivity index (χ2n) is 6.53. The van der Waals surface area contributed by atoms with Crippen LogP contribution >= 0.6 is 24.0 Å². The molecule has 0 atom stereocenters. The topological polar surface area (TPSA) is 65.5 Å². The van der Waals surface area contributed by atoms with Gasteiger partial charge in [-0.2, -0.15) is 0 Å². The molecule has 1 aliphatic rings. The smallest absolute Gasteiger partial charge is 0.251 e. The standard InChI is InChI=1S/C19H30N4O.HI/c1-4-19(11-6-12-19)14-23-18(21-5-2)22-13-15-7-9-16(10-8-15)17(24)20-3;/h7-10H,4-6,11-14H2,1-3H3,(H,20,24)(H2,21,22,23);1H. The molecule has 3 N–H and O–H groups in total. The van der Waals surface area contributed by atoms with Gasteiger partial charge in [0.05, 0.1) is 6.54 Å². The van der Waals surface area contributed by atoms with Crippen LogP contribution in [0.4, 0.5) is 0 Å². The molecule has 0 spiro atoms. The molecule has 1 amide bonds. The Balaban J connectivity index is 0.00000312. The predicted octanol–water partition coefficient (Wildman–Crippen LogP) is 3.30. The number of amides is 1. The molecule has 25 heavy (non-hydrogen) atoms.